The van der Waals surface area contributed by atoms with E-state index in [-0.39, 0.29) is 0 Å². The summed E-state index contributed by atoms with van der Waals surface area (Å²) in [5.74, 6) is 0. The van der Waals surface area contributed by atoms with Crippen LogP contribution >= 0.6 is 0 Å². The first-order chi connectivity index (χ1) is 27.8. The van der Waals surface area contributed by atoms with E-state index in [9.17, 15) is 0 Å². The number of rotatable bonds is 2. The maximum absolute atomic E-state index is 2.71. The normalized spacial score (nSPS) is 14.7. The minimum absolute atomic E-state index is 1.13. The zero-order valence-electron chi connectivity index (χ0n) is 30.7. The second-order valence-corrected chi connectivity index (χ2v) is 16.6. The lowest BCUT2D eigenvalue weighted by Gasteiger charge is -2.08. The number of benzene rings is 7. The highest BCUT2D eigenvalue weighted by molar-refractivity contribution is 6.37. The van der Waals surface area contributed by atoms with Gasteiger partial charge in [-0.1, -0.05) is 72.8 Å². The summed E-state index contributed by atoms with van der Waals surface area (Å²) in [6.07, 6.45) is 6.97. The van der Waals surface area contributed by atoms with Crippen molar-refractivity contribution >= 4 is 98.0 Å². The van der Waals surface area contributed by atoms with E-state index in [1.54, 1.807) is 11.1 Å². The fourth-order valence-electron chi connectivity index (χ4n) is 12.1. The number of para-hydroxylation sites is 4. The van der Waals surface area contributed by atoms with Crippen LogP contribution in [0.15, 0.2) is 133 Å². The number of aromatic nitrogens is 4. The van der Waals surface area contributed by atoms with E-state index in [0.717, 1.165) is 25.7 Å². The number of hydrogen-bond donors (Lipinski definition) is 0. The van der Waals surface area contributed by atoms with Crippen LogP contribution in [-0.2, 0) is 25.7 Å². The predicted octanol–water partition coefficient (Wildman–Crippen LogP) is 12.9. The number of fused-ring (bicyclic) bond motifs is 20. The van der Waals surface area contributed by atoms with E-state index >= 15 is 0 Å². The molecule has 0 unspecified atom stereocenters. The molecule has 15 rings (SSSR count). The summed E-state index contributed by atoms with van der Waals surface area (Å²) in [5.41, 5.74) is 19.3. The monoisotopic (exact) mass is 714 g/mol. The van der Waals surface area contributed by atoms with Crippen molar-refractivity contribution in [3.8, 4) is 11.4 Å². The Morgan fingerprint density at radius 2 is 0.732 bits per heavy atom. The van der Waals surface area contributed by atoms with Crippen LogP contribution in [0.1, 0.15) is 35.4 Å². The van der Waals surface area contributed by atoms with Crippen molar-refractivity contribution in [2.75, 3.05) is 0 Å². The van der Waals surface area contributed by atoms with Gasteiger partial charge in [0.2, 0.25) is 0 Å². The van der Waals surface area contributed by atoms with E-state index in [2.05, 4.69) is 151 Å². The smallest absolute Gasteiger partial charge is 0.0621 e. The van der Waals surface area contributed by atoms with Crippen LogP contribution in [0.2, 0.25) is 0 Å². The van der Waals surface area contributed by atoms with E-state index < -0.39 is 0 Å². The Morgan fingerprint density at radius 1 is 0.321 bits per heavy atom. The van der Waals surface area contributed by atoms with Crippen LogP contribution in [-0.4, -0.2) is 17.9 Å². The Hall–Kier alpha value is -6.78. The molecule has 6 aromatic heterocycles. The molecule has 7 aromatic carbocycles. The van der Waals surface area contributed by atoms with Crippen molar-refractivity contribution in [2.45, 2.75) is 38.5 Å². The van der Waals surface area contributed by atoms with Gasteiger partial charge in [0.05, 0.1) is 44.1 Å². The summed E-state index contributed by atoms with van der Waals surface area (Å²) in [6, 6.07) is 50.4. The third-order valence-electron chi connectivity index (χ3n) is 14.0. The van der Waals surface area contributed by atoms with E-state index in [4.69, 9.17) is 0 Å². The summed E-state index contributed by atoms with van der Waals surface area (Å²) in [7, 11) is 0. The van der Waals surface area contributed by atoms with E-state index in [1.165, 1.54) is 134 Å². The van der Waals surface area contributed by atoms with E-state index in [1.807, 2.05) is 0 Å². The zero-order valence-corrected chi connectivity index (χ0v) is 30.7. The molecule has 0 atom stereocenters. The van der Waals surface area contributed by atoms with E-state index in [0.29, 0.717) is 0 Å². The van der Waals surface area contributed by atoms with Gasteiger partial charge in [0.25, 0.3) is 0 Å². The van der Waals surface area contributed by atoms with Gasteiger partial charge < -0.3 is 17.9 Å². The zero-order chi connectivity index (χ0) is 36.0. The molecule has 6 heterocycles. The average Bonchev–Trinajstić information content (AvgIpc) is 4.11. The van der Waals surface area contributed by atoms with Gasteiger partial charge in [0.15, 0.2) is 0 Å². The van der Waals surface area contributed by atoms with Gasteiger partial charge in [0, 0.05) is 76.6 Å². The second kappa shape index (κ2) is 9.71. The Balaban J connectivity index is 1.20. The lowest BCUT2D eigenvalue weighted by molar-refractivity contribution is 0.890. The Kier molecular flexibility index (Phi) is 4.97. The van der Waals surface area contributed by atoms with Crippen LogP contribution in [0.3, 0.4) is 0 Å². The molecule has 13 aromatic rings. The molecule has 0 amide bonds. The maximum Gasteiger partial charge on any atom is 0.0621 e. The Morgan fingerprint density at radius 3 is 1.20 bits per heavy atom. The molecule has 0 fully saturated rings. The minimum atomic E-state index is 1.13. The SMILES string of the molecule is c1ccc(-n2c3ccccc3c3c4c5cc6c(cc5n5c7c(c(cc32)c45)CCC7)c2c3c4ccccc4n(-c4ccccc4)c3cc3c4c(n6c32)CCC4)cc1. The van der Waals surface area contributed by atoms with Crippen molar-refractivity contribution in [1.29, 1.82) is 0 Å². The third-order valence-corrected chi connectivity index (χ3v) is 14.0. The number of hydrogen-bond acceptors (Lipinski definition) is 0. The van der Waals surface area contributed by atoms with Crippen molar-refractivity contribution in [3.05, 3.63) is 156 Å². The van der Waals surface area contributed by atoms with Crippen LogP contribution in [0, 0.1) is 0 Å². The van der Waals surface area contributed by atoms with Crippen molar-refractivity contribution in [1.82, 2.24) is 17.9 Å². The van der Waals surface area contributed by atoms with Gasteiger partial charge in [-0.2, -0.15) is 0 Å². The largest absolute Gasteiger partial charge is 0.312 e. The first kappa shape index (κ1) is 28.6. The molecule has 262 valence electrons. The highest BCUT2D eigenvalue weighted by atomic mass is 15.0. The molecular weight excluding hydrogens is 681 g/mol. The lowest BCUT2D eigenvalue weighted by atomic mass is 9.99. The van der Waals surface area contributed by atoms with Crippen LogP contribution in [0.5, 0.6) is 0 Å². The highest BCUT2D eigenvalue weighted by Gasteiger charge is 2.32. The molecule has 0 bridgehead atoms. The molecule has 2 aliphatic carbocycles. The van der Waals surface area contributed by atoms with Crippen molar-refractivity contribution < 1.29 is 0 Å². The topological polar surface area (TPSA) is 18.7 Å². The molecule has 0 saturated heterocycles. The van der Waals surface area contributed by atoms with Crippen LogP contribution in [0.25, 0.3) is 109 Å². The van der Waals surface area contributed by atoms with Gasteiger partial charge in [-0.15, -0.1) is 0 Å². The molecule has 0 spiro atoms. The number of nitrogens with zero attached hydrogens (tertiary/aromatic N) is 4. The summed E-state index contributed by atoms with van der Waals surface area (Å²) >= 11 is 0. The summed E-state index contributed by atoms with van der Waals surface area (Å²) in [4.78, 5) is 0. The van der Waals surface area contributed by atoms with Gasteiger partial charge in [0.1, 0.15) is 0 Å². The molecular formula is C52H34N4. The van der Waals surface area contributed by atoms with Crippen molar-refractivity contribution in [2.24, 2.45) is 0 Å². The van der Waals surface area contributed by atoms with Crippen molar-refractivity contribution in [3.63, 3.8) is 0 Å². The Labute approximate surface area is 320 Å². The standard InChI is InChI=1S/C52H34N4/c1-3-13-29(14-4-1)53-41-21-9-7-17-33(41)47-45(53)25-35-31-19-11-23-39(31)55-43-28-38-44(27-37(43)49(47)51(35)55)56-40-24-12-20-32(40)36-26-46-48(50(38)52(36)56)34-18-8-10-22-42(34)54(46)30-15-5-2-6-16-30/h1-10,13-18,21-22,25-28H,11-12,19-20,23-24H2. The van der Waals surface area contributed by atoms with Crippen LogP contribution in [0.4, 0.5) is 0 Å². The average molecular weight is 715 g/mol. The third kappa shape index (κ3) is 3.14. The maximum atomic E-state index is 2.71. The fraction of sp³-hybridized carbons (Fsp3) is 0.115. The van der Waals surface area contributed by atoms with Gasteiger partial charge in [-0.25, -0.2) is 0 Å². The molecule has 2 aliphatic rings. The molecule has 0 N–H and O–H groups in total. The molecule has 4 nitrogen and oxygen atoms in total. The molecule has 56 heavy (non-hydrogen) atoms. The summed E-state index contributed by atoms with van der Waals surface area (Å²) in [5, 5.41) is 13.9. The molecule has 0 radical (unpaired) electrons. The minimum Gasteiger partial charge on any atom is -0.312 e. The fourth-order valence-corrected chi connectivity index (χ4v) is 12.1. The first-order valence-electron chi connectivity index (χ1n) is 20.4. The lowest BCUT2D eigenvalue weighted by Crippen LogP contribution is -1.93. The van der Waals surface area contributed by atoms with Gasteiger partial charge >= 0.3 is 0 Å². The van der Waals surface area contributed by atoms with Crippen LogP contribution < -0.4 is 0 Å². The number of aryl methyl sites for hydroxylation is 4. The van der Waals surface area contributed by atoms with Gasteiger partial charge in [-0.3, -0.25) is 0 Å². The summed E-state index contributed by atoms with van der Waals surface area (Å²) in [6.45, 7) is 0. The van der Waals surface area contributed by atoms with Gasteiger partial charge in [-0.05, 0) is 110 Å². The molecule has 4 heteroatoms. The quantitative estimate of drug-likeness (QED) is 0.170. The molecule has 0 aliphatic heterocycles. The Bertz CT molecular complexity index is 3600. The summed E-state index contributed by atoms with van der Waals surface area (Å²) < 4.78 is 10.4. The molecule has 0 saturated carbocycles. The second-order valence-electron chi connectivity index (χ2n) is 16.6. The predicted molar refractivity (Wildman–Crippen MR) is 233 cm³/mol. The first-order valence-corrected chi connectivity index (χ1v) is 20.4. The highest BCUT2D eigenvalue weighted by Crippen LogP contribution is 2.52.